The summed E-state index contributed by atoms with van der Waals surface area (Å²) < 4.78 is 76.1. The van der Waals surface area contributed by atoms with Crippen molar-refractivity contribution in [2.75, 3.05) is 0 Å². The largest absolute Gasteiger partial charge is 0.478 e. The van der Waals surface area contributed by atoms with Gasteiger partial charge in [0.2, 0.25) is 0 Å². The minimum atomic E-state index is -4.53. The second-order valence-electron chi connectivity index (χ2n) is 6.08. The van der Waals surface area contributed by atoms with Gasteiger partial charge in [-0.1, -0.05) is 24.3 Å². The Labute approximate surface area is 160 Å². The van der Waals surface area contributed by atoms with Gasteiger partial charge in [0.1, 0.15) is 0 Å². The summed E-state index contributed by atoms with van der Waals surface area (Å²) in [5.41, 5.74) is -1.36. The van der Waals surface area contributed by atoms with E-state index in [1.54, 1.807) is 0 Å². The Bertz CT molecular complexity index is 1040. The van der Waals surface area contributed by atoms with Crippen LogP contribution in [0.15, 0.2) is 60.8 Å². The molecule has 0 aliphatic heterocycles. The zero-order valence-corrected chi connectivity index (χ0v) is 14.3. The number of rotatable bonds is 3. The minimum Gasteiger partial charge on any atom is -0.478 e. The molecule has 0 atom stereocenters. The second-order valence-corrected chi connectivity index (χ2v) is 6.08. The van der Waals surface area contributed by atoms with Gasteiger partial charge in [-0.05, 0) is 35.9 Å². The number of benzene rings is 2. The predicted octanol–water partition coefficient (Wildman–Crippen LogP) is 6.15. The lowest BCUT2D eigenvalue weighted by Gasteiger charge is -2.11. The van der Waals surface area contributed by atoms with E-state index >= 15 is 0 Å². The van der Waals surface area contributed by atoms with E-state index < -0.39 is 29.4 Å². The number of carbonyl (C=O) groups is 1. The average molecular weight is 411 g/mol. The van der Waals surface area contributed by atoms with Gasteiger partial charge in [0, 0.05) is 17.3 Å². The number of aromatic nitrogens is 1. The van der Waals surface area contributed by atoms with Crippen molar-refractivity contribution in [3.8, 4) is 22.4 Å². The normalized spacial score (nSPS) is 12.1. The third-order valence-electron chi connectivity index (χ3n) is 4.15. The van der Waals surface area contributed by atoms with Crippen LogP contribution in [-0.4, -0.2) is 16.1 Å². The van der Waals surface area contributed by atoms with E-state index in [0.717, 1.165) is 36.4 Å². The molecule has 150 valence electrons. The van der Waals surface area contributed by atoms with Gasteiger partial charge in [0.15, 0.2) is 0 Å². The van der Waals surface area contributed by atoms with E-state index in [1.165, 1.54) is 24.4 Å². The summed E-state index contributed by atoms with van der Waals surface area (Å²) in [7, 11) is 0. The molecule has 0 aliphatic rings. The van der Waals surface area contributed by atoms with Crippen LogP contribution in [-0.2, 0) is 12.4 Å². The molecular weight excluding hydrogens is 400 g/mol. The second kappa shape index (κ2) is 7.23. The van der Waals surface area contributed by atoms with Crippen LogP contribution < -0.4 is 0 Å². The maximum absolute atomic E-state index is 12.7. The van der Waals surface area contributed by atoms with Crippen molar-refractivity contribution in [3.05, 3.63) is 77.5 Å². The highest BCUT2D eigenvalue weighted by Gasteiger charge is 2.31. The van der Waals surface area contributed by atoms with Crippen LogP contribution in [0.1, 0.15) is 21.5 Å². The first-order valence-electron chi connectivity index (χ1n) is 8.05. The van der Waals surface area contributed by atoms with Crippen LogP contribution in [0.3, 0.4) is 0 Å². The number of hydrogen-bond donors (Lipinski definition) is 1. The molecule has 1 heterocycles. The highest BCUT2D eigenvalue weighted by Crippen LogP contribution is 2.33. The van der Waals surface area contributed by atoms with E-state index in [-0.39, 0.29) is 22.4 Å². The molecule has 0 amide bonds. The van der Waals surface area contributed by atoms with Crippen LogP contribution in [0, 0.1) is 0 Å². The summed E-state index contributed by atoms with van der Waals surface area (Å²) in [6, 6.07) is 9.14. The Morgan fingerprint density at radius 2 is 1.17 bits per heavy atom. The molecular formula is C20H11F6NO2. The van der Waals surface area contributed by atoms with Crippen molar-refractivity contribution in [3.63, 3.8) is 0 Å². The van der Waals surface area contributed by atoms with Crippen LogP contribution >= 0.6 is 0 Å². The number of halogens is 6. The molecule has 3 aromatic rings. The van der Waals surface area contributed by atoms with Gasteiger partial charge in [0.05, 0.1) is 22.4 Å². The standard InChI is InChI=1S/C20H11F6NO2/c21-19(22,23)14-5-1-11(2-6-14)13-9-16(18(28)29)17(27-10-13)12-3-7-15(8-4-12)20(24,25)26/h1-10H,(H,28,29). The fraction of sp³-hybridized carbons (Fsp3) is 0.100. The molecule has 0 unspecified atom stereocenters. The lowest BCUT2D eigenvalue weighted by atomic mass is 9.99. The third-order valence-corrected chi connectivity index (χ3v) is 4.15. The smallest absolute Gasteiger partial charge is 0.416 e. The van der Waals surface area contributed by atoms with E-state index in [2.05, 4.69) is 4.98 Å². The molecule has 0 radical (unpaired) electrons. The highest BCUT2D eigenvalue weighted by molar-refractivity contribution is 5.96. The zero-order chi connectivity index (χ0) is 21.4. The van der Waals surface area contributed by atoms with Crippen LogP contribution in [0.25, 0.3) is 22.4 Å². The molecule has 9 heteroatoms. The Morgan fingerprint density at radius 1 is 0.724 bits per heavy atom. The maximum atomic E-state index is 12.7. The fourth-order valence-corrected chi connectivity index (χ4v) is 2.68. The SMILES string of the molecule is O=C(O)c1cc(-c2ccc(C(F)(F)F)cc2)cnc1-c1ccc(C(F)(F)F)cc1. The van der Waals surface area contributed by atoms with Gasteiger partial charge >= 0.3 is 18.3 Å². The topological polar surface area (TPSA) is 50.2 Å². The lowest BCUT2D eigenvalue weighted by Crippen LogP contribution is -2.06. The number of hydrogen-bond acceptors (Lipinski definition) is 2. The monoisotopic (exact) mass is 411 g/mol. The zero-order valence-electron chi connectivity index (χ0n) is 14.3. The quantitative estimate of drug-likeness (QED) is 0.526. The Hall–Kier alpha value is -3.36. The van der Waals surface area contributed by atoms with Crippen molar-refractivity contribution in [1.82, 2.24) is 4.98 Å². The summed E-state index contributed by atoms with van der Waals surface area (Å²) in [6.45, 7) is 0. The molecule has 29 heavy (non-hydrogen) atoms. The van der Waals surface area contributed by atoms with Gasteiger partial charge < -0.3 is 5.11 Å². The molecule has 3 nitrogen and oxygen atoms in total. The van der Waals surface area contributed by atoms with Crippen molar-refractivity contribution in [2.45, 2.75) is 12.4 Å². The van der Waals surface area contributed by atoms with Crippen LogP contribution in [0.2, 0.25) is 0 Å². The molecule has 0 spiro atoms. The van der Waals surface area contributed by atoms with Crippen molar-refractivity contribution >= 4 is 5.97 Å². The van der Waals surface area contributed by atoms with E-state index in [4.69, 9.17) is 0 Å². The summed E-state index contributed by atoms with van der Waals surface area (Å²) >= 11 is 0. The number of aromatic carboxylic acids is 1. The van der Waals surface area contributed by atoms with Gasteiger partial charge in [-0.2, -0.15) is 26.3 Å². The first-order valence-corrected chi connectivity index (χ1v) is 8.05. The third kappa shape index (κ3) is 4.39. The summed E-state index contributed by atoms with van der Waals surface area (Å²) in [5.74, 6) is -1.37. The fourth-order valence-electron chi connectivity index (χ4n) is 2.68. The molecule has 1 N–H and O–H groups in total. The lowest BCUT2D eigenvalue weighted by molar-refractivity contribution is -0.138. The van der Waals surface area contributed by atoms with Crippen LogP contribution in [0.5, 0.6) is 0 Å². The molecule has 1 aromatic heterocycles. The van der Waals surface area contributed by atoms with Crippen molar-refractivity contribution in [1.29, 1.82) is 0 Å². The van der Waals surface area contributed by atoms with E-state index in [9.17, 15) is 36.2 Å². The predicted molar refractivity (Wildman–Crippen MR) is 92.1 cm³/mol. The average Bonchev–Trinajstić information content (AvgIpc) is 2.66. The van der Waals surface area contributed by atoms with E-state index in [0.29, 0.717) is 5.56 Å². The summed E-state index contributed by atoms with van der Waals surface area (Å²) in [4.78, 5) is 15.6. The van der Waals surface area contributed by atoms with Crippen molar-refractivity contribution in [2.24, 2.45) is 0 Å². The molecule has 0 saturated carbocycles. The Kier molecular flexibility index (Phi) is 5.08. The van der Waals surface area contributed by atoms with Crippen LogP contribution in [0.4, 0.5) is 26.3 Å². The number of nitrogens with zero attached hydrogens (tertiary/aromatic N) is 1. The maximum Gasteiger partial charge on any atom is 0.416 e. The first kappa shape index (κ1) is 20.4. The summed E-state index contributed by atoms with van der Waals surface area (Å²) in [6.07, 6.45) is -7.79. The van der Waals surface area contributed by atoms with Gasteiger partial charge in [-0.3, -0.25) is 4.98 Å². The Balaban J connectivity index is 2.01. The van der Waals surface area contributed by atoms with E-state index in [1.807, 2.05) is 0 Å². The number of alkyl halides is 6. The molecule has 0 bridgehead atoms. The minimum absolute atomic E-state index is 0.0538. The number of carboxylic acids is 1. The van der Waals surface area contributed by atoms with Gasteiger partial charge in [-0.15, -0.1) is 0 Å². The van der Waals surface area contributed by atoms with Gasteiger partial charge in [-0.25, -0.2) is 4.79 Å². The van der Waals surface area contributed by atoms with Crippen molar-refractivity contribution < 1.29 is 36.2 Å². The Morgan fingerprint density at radius 3 is 1.59 bits per heavy atom. The molecule has 3 rings (SSSR count). The first-order chi connectivity index (χ1) is 13.5. The molecule has 2 aromatic carbocycles. The summed E-state index contributed by atoms with van der Waals surface area (Å²) in [5, 5.41) is 9.46. The highest BCUT2D eigenvalue weighted by atomic mass is 19.4. The molecule has 0 fully saturated rings. The number of carboxylic acid groups (broad SMARTS) is 1. The molecule has 0 saturated heterocycles. The number of pyridine rings is 1. The molecule has 0 aliphatic carbocycles. The van der Waals surface area contributed by atoms with Gasteiger partial charge in [0.25, 0.3) is 0 Å².